The second-order valence-corrected chi connectivity index (χ2v) is 4.90. The molecule has 0 aliphatic carbocycles. The van der Waals surface area contributed by atoms with Crippen molar-refractivity contribution in [1.29, 1.82) is 0 Å². The van der Waals surface area contributed by atoms with Gasteiger partial charge in [-0.15, -0.1) is 0 Å². The van der Waals surface area contributed by atoms with E-state index >= 15 is 0 Å². The lowest BCUT2D eigenvalue weighted by molar-refractivity contribution is 0.292. The first kappa shape index (κ1) is 13.5. The highest BCUT2D eigenvalue weighted by Gasteiger charge is 2.08. The molecule has 0 bridgehead atoms. The minimum atomic E-state index is 0.747. The summed E-state index contributed by atoms with van der Waals surface area (Å²) in [4.78, 5) is 6.26. The van der Waals surface area contributed by atoms with E-state index in [1.165, 1.54) is 5.57 Å². The number of nitrogens with zero attached hydrogens (tertiary/aromatic N) is 3. The van der Waals surface area contributed by atoms with Crippen LogP contribution in [0, 0.1) is 0 Å². The SMILES string of the molecule is CC(C)=CCN(C)Cc1cc(-c2cccnc2)no1. The van der Waals surface area contributed by atoms with Crippen molar-refractivity contribution in [3.63, 3.8) is 0 Å². The molecule has 19 heavy (non-hydrogen) atoms. The first-order chi connectivity index (χ1) is 9.15. The fourth-order valence-electron chi connectivity index (χ4n) is 1.71. The zero-order valence-electron chi connectivity index (χ0n) is 11.6. The number of aromatic nitrogens is 2. The van der Waals surface area contributed by atoms with Crippen molar-refractivity contribution in [2.24, 2.45) is 0 Å². The Bertz CT molecular complexity index is 542. The van der Waals surface area contributed by atoms with Crippen molar-refractivity contribution in [3.8, 4) is 11.3 Å². The number of pyridine rings is 1. The lowest BCUT2D eigenvalue weighted by atomic mass is 10.2. The molecule has 0 radical (unpaired) electrons. The minimum absolute atomic E-state index is 0.747. The van der Waals surface area contributed by atoms with Crippen molar-refractivity contribution < 1.29 is 4.52 Å². The van der Waals surface area contributed by atoms with Crippen LogP contribution in [0.5, 0.6) is 0 Å². The Balaban J connectivity index is 2.00. The molecule has 4 heteroatoms. The minimum Gasteiger partial charge on any atom is -0.359 e. The van der Waals surface area contributed by atoms with Crippen LogP contribution in [0.25, 0.3) is 11.3 Å². The summed E-state index contributed by atoms with van der Waals surface area (Å²) in [6.45, 7) is 5.86. The third-order valence-electron chi connectivity index (χ3n) is 2.75. The van der Waals surface area contributed by atoms with Gasteiger partial charge in [-0.25, -0.2) is 0 Å². The van der Waals surface area contributed by atoms with E-state index in [4.69, 9.17) is 4.52 Å². The van der Waals surface area contributed by atoms with Gasteiger partial charge in [0, 0.05) is 30.6 Å². The topological polar surface area (TPSA) is 42.2 Å². The van der Waals surface area contributed by atoms with Crippen LogP contribution in [0.4, 0.5) is 0 Å². The second-order valence-electron chi connectivity index (χ2n) is 4.90. The van der Waals surface area contributed by atoms with Gasteiger partial charge in [-0.05, 0) is 33.0 Å². The van der Waals surface area contributed by atoms with E-state index in [-0.39, 0.29) is 0 Å². The molecular formula is C15H19N3O. The predicted octanol–water partition coefficient (Wildman–Crippen LogP) is 3.13. The van der Waals surface area contributed by atoms with Gasteiger partial charge >= 0.3 is 0 Å². The van der Waals surface area contributed by atoms with Gasteiger partial charge < -0.3 is 4.52 Å². The van der Waals surface area contributed by atoms with E-state index < -0.39 is 0 Å². The number of hydrogen-bond acceptors (Lipinski definition) is 4. The van der Waals surface area contributed by atoms with Crippen molar-refractivity contribution in [3.05, 3.63) is 48.0 Å². The molecule has 0 aromatic carbocycles. The summed E-state index contributed by atoms with van der Waals surface area (Å²) < 4.78 is 5.36. The average molecular weight is 257 g/mol. The molecular weight excluding hydrogens is 238 g/mol. The van der Waals surface area contributed by atoms with Crippen molar-refractivity contribution in [2.75, 3.05) is 13.6 Å². The molecule has 0 saturated carbocycles. The monoisotopic (exact) mass is 257 g/mol. The Morgan fingerprint density at radius 2 is 2.26 bits per heavy atom. The van der Waals surface area contributed by atoms with Crippen LogP contribution in [-0.2, 0) is 6.54 Å². The van der Waals surface area contributed by atoms with Crippen molar-refractivity contribution >= 4 is 0 Å². The predicted molar refractivity (Wildman–Crippen MR) is 75.5 cm³/mol. The molecule has 0 fully saturated rings. The highest BCUT2D eigenvalue weighted by Crippen LogP contribution is 2.18. The maximum absolute atomic E-state index is 5.36. The Kier molecular flexibility index (Phi) is 4.47. The summed E-state index contributed by atoms with van der Waals surface area (Å²) in [5, 5.41) is 4.08. The number of likely N-dealkylation sites (N-methyl/N-ethyl adjacent to an activating group) is 1. The second kappa shape index (κ2) is 6.29. The van der Waals surface area contributed by atoms with E-state index in [9.17, 15) is 0 Å². The van der Waals surface area contributed by atoms with E-state index in [0.717, 1.165) is 30.1 Å². The molecule has 0 saturated heterocycles. The van der Waals surface area contributed by atoms with Crippen molar-refractivity contribution in [1.82, 2.24) is 15.0 Å². The normalized spacial score (nSPS) is 10.7. The molecule has 100 valence electrons. The summed E-state index contributed by atoms with van der Waals surface area (Å²) in [6, 6.07) is 5.84. The van der Waals surface area contributed by atoms with Gasteiger partial charge in [0.1, 0.15) is 5.69 Å². The summed E-state index contributed by atoms with van der Waals surface area (Å²) in [5.74, 6) is 0.864. The number of allylic oxidation sites excluding steroid dienone is 1. The summed E-state index contributed by atoms with van der Waals surface area (Å²) in [5.41, 5.74) is 3.13. The lowest BCUT2D eigenvalue weighted by Gasteiger charge is -2.11. The molecule has 0 spiro atoms. The Hall–Kier alpha value is -1.94. The van der Waals surface area contributed by atoms with Gasteiger partial charge in [-0.1, -0.05) is 16.8 Å². The molecule has 0 amide bonds. The van der Waals surface area contributed by atoms with Gasteiger partial charge in [-0.2, -0.15) is 0 Å². The fraction of sp³-hybridized carbons (Fsp3) is 0.333. The number of rotatable bonds is 5. The largest absolute Gasteiger partial charge is 0.359 e. The third-order valence-corrected chi connectivity index (χ3v) is 2.75. The molecule has 2 rings (SSSR count). The van der Waals surface area contributed by atoms with Crippen LogP contribution < -0.4 is 0 Å². The summed E-state index contributed by atoms with van der Waals surface area (Å²) >= 11 is 0. The van der Waals surface area contributed by atoms with Gasteiger partial charge in [0.15, 0.2) is 5.76 Å². The van der Waals surface area contributed by atoms with Gasteiger partial charge in [0.25, 0.3) is 0 Å². The average Bonchev–Trinajstić information content (AvgIpc) is 2.86. The highest BCUT2D eigenvalue weighted by atomic mass is 16.5. The molecule has 0 aliphatic heterocycles. The van der Waals surface area contributed by atoms with Gasteiger partial charge in [0.2, 0.25) is 0 Å². The van der Waals surface area contributed by atoms with Crippen molar-refractivity contribution in [2.45, 2.75) is 20.4 Å². The summed E-state index contributed by atoms with van der Waals surface area (Å²) in [7, 11) is 2.06. The van der Waals surface area contributed by atoms with Crippen LogP contribution in [-0.4, -0.2) is 28.6 Å². The van der Waals surface area contributed by atoms with Crippen LogP contribution in [0.15, 0.2) is 46.8 Å². The third kappa shape index (κ3) is 4.03. The molecule has 0 aliphatic rings. The quantitative estimate of drug-likeness (QED) is 0.772. The van der Waals surface area contributed by atoms with Crippen LogP contribution >= 0.6 is 0 Å². The first-order valence-electron chi connectivity index (χ1n) is 6.33. The molecule has 0 atom stereocenters. The Morgan fingerprint density at radius 3 is 2.95 bits per heavy atom. The Labute approximate surface area is 113 Å². The van der Waals surface area contributed by atoms with Crippen LogP contribution in [0.3, 0.4) is 0 Å². The Morgan fingerprint density at radius 1 is 1.42 bits per heavy atom. The fourth-order valence-corrected chi connectivity index (χ4v) is 1.71. The van der Waals surface area contributed by atoms with Gasteiger partial charge in [0.05, 0.1) is 6.54 Å². The lowest BCUT2D eigenvalue weighted by Crippen LogP contribution is -2.17. The van der Waals surface area contributed by atoms with E-state index in [1.54, 1.807) is 12.4 Å². The zero-order chi connectivity index (χ0) is 13.7. The standard InChI is InChI=1S/C15H19N3O/c1-12(2)6-8-18(3)11-14-9-15(17-19-14)13-5-4-7-16-10-13/h4-7,9-10H,8,11H2,1-3H3. The molecule has 4 nitrogen and oxygen atoms in total. The highest BCUT2D eigenvalue weighted by molar-refractivity contribution is 5.57. The van der Waals surface area contributed by atoms with E-state index in [1.807, 2.05) is 18.2 Å². The molecule has 2 heterocycles. The van der Waals surface area contributed by atoms with E-state index in [0.29, 0.717) is 0 Å². The molecule has 0 N–H and O–H groups in total. The summed E-state index contributed by atoms with van der Waals surface area (Å²) in [6.07, 6.45) is 5.73. The molecule has 2 aromatic heterocycles. The molecule has 2 aromatic rings. The maximum atomic E-state index is 5.36. The zero-order valence-corrected chi connectivity index (χ0v) is 11.6. The van der Waals surface area contributed by atoms with Gasteiger partial charge in [-0.3, -0.25) is 9.88 Å². The first-order valence-corrected chi connectivity index (χ1v) is 6.33. The smallest absolute Gasteiger partial charge is 0.151 e. The van der Waals surface area contributed by atoms with E-state index in [2.05, 4.69) is 42.0 Å². The molecule has 0 unspecified atom stereocenters. The van der Waals surface area contributed by atoms with Crippen LogP contribution in [0.1, 0.15) is 19.6 Å². The van der Waals surface area contributed by atoms with Crippen LogP contribution in [0.2, 0.25) is 0 Å². The number of hydrogen-bond donors (Lipinski definition) is 0. The maximum Gasteiger partial charge on any atom is 0.151 e.